The largest absolute Gasteiger partial charge is 0.508 e. The average Bonchev–Trinajstić information content (AvgIpc) is 3.26. The highest BCUT2D eigenvalue weighted by Crippen LogP contribution is 2.42. The number of hydrogen-bond donors (Lipinski definition) is 1. The third-order valence-electron chi connectivity index (χ3n) is 7.77. The maximum absolute atomic E-state index is 12.5. The van der Waals surface area contributed by atoms with Crippen molar-refractivity contribution in [2.24, 2.45) is 0 Å². The second kappa shape index (κ2) is 11.5. The van der Waals surface area contributed by atoms with E-state index in [1.807, 2.05) is 37.3 Å². The number of nitrogens with zero attached hydrogens (tertiary/aromatic N) is 1. The molecule has 1 fully saturated rings. The number of benzene rings is 3. The number of phenols is 1. The number of fused-ring (bicyclic) bond motifs is 1. The molecule has 3 aromatic rings. The number of rotatable bonds is 8. The van der Waals surface area contributed by atoms with Gasteiger partial charge in [-0.3, -0.25) is 9.29 Å². The molecule has 1 N–H and O–H groups in total. The Labute approximate surface area is 230 Å². The molecule has 3 aromatic carbocycles. The first-order chi connectivity index (χ1) is 18.7. The van der Waals surface area contributed by atoms with Gasteiger partial charge in [0.1, 0.15) is 17.6 Å². The van der Waals surface area contributed by atoms with E-state index in [0.717, 1.165) is 84.5 Å². The first-order valence-electron chi connectivity index (χ1n) is 13.6. The number of ether oxygens (including phenoxy) is 1. The summed E-state index contributed by atoms with van der Waals surface area (Å²) in [6.07, 6.45) is 5.43. The summed E-state index contributed by atoms with van der Waals surface area (Å²) in [5.74, 6) is 1.07. The molecular formula is C32H36FNO4S. The van der Waals surface area contributed by atoms with Crippen LogP contribution < -0.4 is 4.74 Å². The van der Waals surface area contributed by atoms with Gasteiger partial charge in [-0.25, -0.2) is 8.42 Å². The maximum Gasteiger partial charge on any atom is 0.175 e. The van der Waals surface area contributed by atoms with Crippen molar-refractivity contribution in [2.75, 3.05) is 32.6 Å². The zero-order valence-corrected chi connectivity index (χ0v) is 23.4. The van der Waals surface area contributed by atoms with Crippen LogP contribution in [0, 0.1) is 6.92 Å². The average molecular weight is 550 g/mol. The Morgan fingerprint density at radius 3 is 2.51 bits per heavy atom. The highest BCUT2D eigenvalue weighted by atomic mass is 32.2. The molecule has 0 aromatic heterocycles. The Balaban J connectivity index is 1.52. The molecule has 0 radical (unpaired) electrons. The van der Waals surface area contributed by atoms with Crippen LogP contribution in [0.4, 0.5) is 4.39 Å². The van der Waals surface area contributed by atoms with Crippen LogP contribution in [-0.2, 0) is 16.3 Å². The van der Waals surface area contributed by atoms with Gasteiger partial charge in [-0.15, -0.1) is 0 Å². The van der Waals surface area contributed by atoms with Crippen LogP contribution in [0.3, 0.4) is 0 Å². The molecule has 39 heavy (non-hydrogen) atoms. The molecule has 1 aliphatic heterocycles. The third kappa shape index (κ3) is 6.20. The Hall–Kier alpha value is -3.16. The summed E-state index contributed by atoms with van der Waals surface area (Å²) in [6, 6.07) is 19.1. The predicted octanol–water partition coefficient (Wildman–Crippen LogP) is 6.21. The van der Waals surface area contributed by atoms with Crippen molar-refractivity contribution in [1.82, 2.24) is 4.90 Å². The van der Waals surface area contributed by atoms with E-state index in [2.05, 4.69) is 17.0 Å². The van der Waals surface area contributed by atoms with Crippen LogP contribution in [0.1, 0.15) is 53.5 Å². The molecule has 0 unspecified atom stereocenters. The second-order valence-corrected chi connectivity index (χ2v) is 12.7. The van der Waals surface area contributed by atoms with E-state index in [1.165, 1.54) is 11.8 Å². The number of likely N-dealkylation sites (tertiary alicyclic amines) is 1. The van der Waals surface area contributed by atoms with Gasteiger partial charge in [0.25, 0.3) is 0 Å². The van der Waals surface area contributed by atoms with Gasteiger partial charge in [0.2, 0.25) is 0 Å². The summed E-state index contributed by atoms with van der Waals surface area (Å²) < 4.78 is 43.1. The van der Waals surface area contributed by atoms with E-state index >= 15 is 0 Å². The molecule has 1 saturated heterocycles. The number of aromatic hydroxyl groups is 1. The normalized spacial score (nSPS) is 18.2. The highest BCUT2D eigenvalue weighted by Gasteiger charge is 2.25. The number of aryl methyl sites for hydroxylation is 2. The summed E-state index contributed by atoms with van der Waals surface area (Å²) in [5, 5.41) is 10.2. The minimum atomic E-state index is -3.30. The Bertz CT molecular complexity index is 1480. The molecule has 5 rings (SSSR count). The van der Waals surface area contributed by atoms with Gasteiger partial charge in [0.05, 0.1) is 11.6 Å². The van der Waals surface area contributed by atoms with Gasteiger partial charge < -0.3 is 9.84 Å². The molecule has 2 aliphatic rings. The molecule has 5 nitrogen and oxygen atoms in total. The number of sulfone groups is 1. The monoisotopic (exact) mass is 549 g/mol. The first-order valence-corrected chi connectivity index (χ1v) is 15.5. The van der Waals surface area contributed by atoms with Gasteiger partial charge in [-0.2, -0.15) is 0 Å². The summed E-state index contributed by atoms with van der Waals surface area (Å²) in [4.78, 5) is 2.58. The van der Waals surface area contributed by atoms with Crippen LogP contribution in [-0.4, -0.2) is 57.1 Å². The molecule has 0 amide bonds. The zero-order chi connectivity index (χ0) is 27.6. The number of allylic oxidation sites excluding steroid dienone is 1. The Morgan fingerprint density at radius 2 is 1.79 bits per heavy atom. The number of alkyl halides is 1. The summed E-state index contributed by atoms with van der Waals surface area (Å²) >= 11 is 0. The molecule has 0 saturated carbocycles. The molecule has 7 heteroatoms. The summed E-state index contributed by atoms with van der Waals surface area (Å²) in [5.41, 5.74) is 7.47. The lowest BCUT2D eigenvalue weighted by atomic mass is 9.86. The van der Waals surface area contributed by atoms with Crippen molar-refractivity contribution in [3.63, 3.8) is 0 Å². The van der Waals surface area contributed by atoms with Gasteiger partial charge >= 0.3 is 0 Å². The predicted molar refractivity (Wildman–Crippen MR) is 154 cm³/mol. The molecule has 1 aliphatic carbocycles. The van der Waals surface area contributed by atoms with E-state index in [1.54, 1.807) is 18.2 Å². The van der Waals surface area contributed by atoms with Gasteiger partial charge in [0.15, 0.2) is 9.84 Å². The molecule has 0 bridgehead atoms. The lowest BCUT2D eigenvalue weighted by Gasteiger charge is -2.19. The number of halogens is 1. The standard InChI is InChI=1S/C32H36FNO4S/c1-22-19-28(39(2,36)37)12-14-29(22)31-6-3-5-24-20-25(35)9-13-30(24)32(31)23-7-10-26(11-8-23)38-27-15-18-34(21-27)17-4-16-33/h7-14,19-20,27,35H,3-6,15-18,21H2,1-2H3/t27-/m0/s1. The zero-order valence-electron chi connectivity index (χ0n) is 22.6. The number of phenolic OH excluding ortho intramolecular Hbond substituents is 1. The quantitative estimate of drug-likeness (QED) is 0.362. The minimum absolute atomic E-state index is 0.0998. The fraction of sp³-hybridized carbons (Fsp3) is 0.375. The third-order valence-corrected chi connectivity index (χ3v) is 8.88. The van der Waals surface area contributed by atoms with Crippen LogP contribution in [0.25, 0.3) is 11.1 Å². The smallest absolute Gasteiger partial charge is 0.175 e. The van der Waals surface area contributed by atoms with Crippen LogP contribution in [0.2, 0.25) is 0 Å². The Morgan fingerprint density at radius 1 is 1.03 bits per heavy atom. The minimum Gasteiger partial charge on any atom is -0.508 e. The van der Waals surface area contributed by atoms with Crippen molar-refractivity contribution < 1.29 is 22.7 Å². The van der Waals surface area contributed by atoms with E-state index in [9.17, 15) is 17.9 Å². The van der Waals surface area contributed by atoms with E-state index in [0.29, 0.717) is 11.3 Å². The molecule has 1 atom stereocenters. The van der Waals surface area contributed by atoms with Crippen LogP contribution >= 0.6 is 0 Å². The molecular weight excluding hydrogens is 513 g/mol. The summed E-state index contributed by atoms with van der Waals surface area (Å²) in [6.45, 7) is 4.20. The fourth-order valence-corrected chi connectivity index (χ4v) is 6.56. The van der Waals surface area contributed by atoms with Crippen molar-refractivity contribution >= 4 is 21.0 Å². The summed E-state index contributed by atoms with van der Waals surface area (Å²) in [7, 11) is -3.30. The second-order valence-electron chi connectivity index (χ2n) is 10.7. The van der Waals surface area contributed by atoms with E-state index in [-0.39, 0.29) is 18.5 Å². The molecule has 1 heterocycles. The Kier molecular flexibility index (Phi) is 8.10. The topological polar surface area (TPSA) is 66.8 Å². The molecule has 206 valence electrons. The van der Waals surface area contributed by atoms with Crippen molar-refractivity contribution in [3.8, 4) is 11.5 Å². The van der Waals surface area contributed by atoms with E-state index < -0.39 is 9.84 Å². The lowest BCUT2D eigenvalue weighted by Crippen LogP contribution is -2.26. The first kappa shape index (κ1) is 27.4. The molecule has 0 spiro atoms. The highest BCUT2D eigenvalue weighted by molar-refractivity contribution is 7.90. The van der Waals surface area contributed by atoms with Gasteiger partial charge in [0, 0.05) is 25.9 Å². The maximum atomic E-state index is 12.5. The lowest BCUT2D eigenvalue weighted by molar-refractivity contribution is 0.198. The van der Waals surface area contributed by atoms with Crippen LogP contribution in [0.5, 0.6) is 11.5 Å². The number of hydrogen-bond acceptors (Lipinski definition) is 5. The SMILES string of the molecule is Cc1cc(S(C)(=O)=O)ccc1C1=C(c2ccc(O[C@H]3CCN(CCCF)C3)cc2)c2ccc(O)cc2CCC1. The van der Waals surface area contributed by atoms with Crippen LogP contribution in [0.15, 0.2) is 65.6 Å². The van der Waals surface area contributed by atoms with Gasteiger partial charge in [-0.05, 0) is 114 Å². The van der Waals surface area contributed by atoms with Crippen molar-refractivity contribution in [1.29, 1.82) is 0 Å². The van der Waals surface area contributed by atoms with E-state index in [4.69, 9.17) is 4.74 Å². The van der Waals surface area contributed by atoms with Crippen molar-refractivity contribution in [2.45, 2.75) is 50.0 Å². The van der Waals surface area contributed by atoms with Crippen molar-refractivity contribution in [3.05, 3.63) is 88.5 Å². The van der Waals surface area contributed by atoms with Gasteiger partial charge in [-0.1, -0.05) is 24.3 Å². The fourth-order valence-electron chi connectivity index (χ4n) is 5.85.